The summed E-state index contributed by atoms with van der Waals surface area (Å²) < 4.78 is 12.1. The Kier molecular flexibility index (Phi) is 5.50. The third kappa shape index (κ3) is 4.23. The largest absolute Gasteiger partial charge is 0.612 e. The molecule has 0 bridgehead atoms. The Morgan fingerprint density at radius 1 is 1.41 bits per heavy atom. The number of hydrogen-bond donors (Lipinski definition) is 3. The molecule has 1 atom stereocenters. The molecule has 1 aromatic carbocycles. The van der Waals surface area contributed by atoms with Crippen molar-refractivity contribution in [2.75, 3.05) is 24.7 Å². The Balaban J connectivity index is 2.25. The summed E-state index contributed by atoms with van der Waals surface area (Å²) in [6, 6.07) is 5.53. The van der Waals surface area contributed by atoms with Gasteiger partial charge in [0.1, 0.15) is 11.9 Å². The van der Waals surface area contributed by atoms with Gasteiger partial charge in [0.15, 0.2) is 4.90 Å². The SMILES string of the molecule is C[S+]([O-])c1cc(NC(=O)C(C)(C)O)ccc1C1CCNCC1. The van der Waals surface area contributed by atoms with Gasteiger partial charge in [-0.05, 0) is 62.9 Å². The number of piperidine rings is 1. The maximum atomic E-state index is 12.1. The number of nitrogens with one attached hydrogen (secondary N) is 2. The number of amides is 1. The molecule has 0 radical (unpaired) electrons. The minimum absolute atomic E-state index is 0.402. The summed E-state index contributed by atoms with van der Waals surface area (Å²) in [4.78, 5) is 12.6. The number of anilines is 1. The predicted octanol–water partition coefficient (Wildman–Crippen LogP) is 1.60. The summed E-state index contributed by atoms with van der Waals surface area (Å²) in [5.74, 6) is -0.0749. The average Bonchev–Trinajstić information content (AvgIpc) is 2.47. The van der Waals surface area contributed by atoms with Crippen molar-refractivity contribution in [1.82, 2.24) is 5.32 Å². The minimum atomic E-state index is -1.45. The van der Waals surface area contributed by atoms with Gasteiger partial charge in [0.25, 0.3) is 5.91 Å². The molecule has 1 fully saturated rings. The highest BCUT2D eigenvalue weighted by Crippen LogP contribution is 2.32. The molecule has 3 N–H and O–H groups in total. The Bertz CT molecular complexity index is 535. The van der Waals surface area contributed by atoms with Crippen LogP contribution < -0.4 is 10.6 Å². The number of benzene rings is 1. The van der Waals surface area contributed by atoms with Gasteiger partial charge in [0, 0.05) is 17.3 Å². The molecule has 1 amide bonds. The summed E-state index contributed by atoms with van der Waals surface area (Å²) in [6.07, 6.45) is 3.71. The lowest BCUT2D eigenvalue weighted by atomic mass is 9.90. The lowest BCUT2D eigenvalue weighted by Crippen LogP contribution is -2.36. The van der Waals surface area contributed by atoms with Gasteiger partial charge in [0.05, 0.1) is 0 Å². The van der Waals surface area contributed by atoms with Crippen molar-refractivity contribution < 1.29 is 14.5 Å². The van der Waals surface area contributed by atoms with Gasteiger partial charge in [-0.25, -0.2) is 0 Å². The third-order valence-electron chi connectivity index (χ3n) is 3.92. The van der Waals surface area contributed by atoms with Crippen molar-refractivity contribution >= 4 is 22.8 Å². The molecule has 0 aliphatic carbocycles. The molecule has 1 saturated heterocycles. The monoisotopic (exact) mass is 324 g/mol. The smallest absolute Gasteiger partial charge is 0.255 e. The van der Waals surface area contributed by atoms with Crippen molar-refractivity contribution in [2.45, 2.75) is 43.1 Å². The number of carbonyl (C=O) groups excluding carboxylic acids is 1. The fraction of sp³-hybridized carbons (Fsp3) is 0.562. The second-order valence-electron chi connectivity index (χ2n) is 6.24. The third-order valence-corrected chi connectivity index (χ3v) is 4.89. The van der Waals surface area contributed by atoms with Gasteiger partial charge in [-0.2, -0.15) is 0 Å². The van der Waals surface area contributed by atoms with E-state index in [0.717, 1.165) is 36.4 Å². The summed E-state index contributed by atoms with van der Waals surface area (Å²) in [7, 11) is 0. The summed E-state index contributed by atoms with van der Waals surface area (Å²) in [5, 5.41) is 15.7. The van der Waals surface area contributed by atoms with Crippen molar-refractivity contribution in [3.8, 4) is 0 Å². The fourth-order valence-electron chi connectivity index (χ4n) is 2.62. The number of hydrogen-bond acceptors (Lipinski definition) is 4. The van der Waals surface area contributed by atoms with Crippen LogP contribution in [0.4, 0.5) is 5.69 Å². The van der Waals surface area contributed by atoms with Crippen LogP contribution in [0, 0.1) is 0 Å². The molecule has 6 heteroatoms. The van der Waals surface area contributed by atoms with Crippen molar-refractivity contribution in [3.05, 3.63) is 23.8 Å². The second kappa shape index (κ2) is 7.00. The number of carbonyl (C=O) groups is 1. The van der Waals surface area contributed by atoms with Crippen LogP contribution in [0.2, 0.25) is 0 Å². The summed E-state index contributed by atoms with van der Waals surface area (Å²) >= 11 is -1.12. The van der Waals surface area contributed by atoms with E-state index < -0.39 is 22.7 Å². The minimum Gasteiger partial charge on any atom is -0.612 e. The number of aliphatic hydroxyl groups is 1. The van der Waals surface area contributed by atoms with Gasteiger partial charge in [-0.3, -0.25) is 4.79 Å². The Morgan fingerprint density at radius 3 is 2.59 bits per heavy atom. The normalized spacial score (nSPS) is 18.0. The van der Waals surface area contributed by atoms with Crippen LogP contribution >= 0.6 is 0 Å². The molecule has 2 rings (SSSR count). The highest BCUT2D eigenvalue weighted by Gasteiger charge is 2.26. The van der Waals surface area contributed by atoms with Crippen LogP contribution in [-0.2, 0) is 16.0 Å². The van der Waals surface area contributed by atoms with Gasteiger partial charge in [-0.1, -0.05) is 6.07 Å². The van der Waals surface area contributed by atoms with E-state index in [0.29, 0.717) is 11.6 Å². The Hall–Kier alpha value is -1.08. The molecule has 22 heavy (non-hydrogen) atoms. The topological polar surface area (TPSA) is 84.4 Å². The van der Waals surface area contributed by atoms with Gasteiger partial charge < -0.3 is 20.3 Å². The molecular weight excluding hydrogens is 300 g/mol. The van der Waals surface area contributed by atoms with Gasteiger partial charge >= 0.3 is 0 Å². The van der Waals surface area contributed by atoms with Crippen LogP contribution in [0.25, 0.3) is 0 Å². The first-order valence-corrected chi connectivity index (χ1v) is 9.07. The fourth-order valence-corrected chi connectivity index (χ4v) is 3.47. The van der Waals surface area contributed by atoms with E-state index in [1.54, 1.807) is 12.3 Å². The van der Waals surface area contributed by atoms with Crippen molar-refractivity contribution in [3.63, 3.8) is 0 Å². The highest BCUT2D eigenvalue weighted by atomic mass is 32.2. The van der Waals surface area contributed by atoms with E-state index in [4.69, 9.17) is 0 Å². The first-order chi connectivity index (χ1) is 10.3. The van der Waals surface area contributed by atoms with Crippen molar-refractivity contribution in [1.29, 1.82) is 0 Å². The van der Waals surface area contributed by atoms with E-state index in [1.807, 2.05) is 12.1 Å². The number of rotatable bonds is 4. The predicted molar refractivity (Wildman–Crippen MR) is 88.5 cm³/mol. The Labute approximate surface area is 134 Å². The van der Waals surface area contributed by atoms with E-state index >= 15 is 0 Å². The van der Waals surface area contributed by atoms with Crippen LogP contribution in [0.3, 0.4) is 0 Å². The molecule has 1 heterocycles. The molecule has 122 valence electrons. The highest BCUT2D eigenvalue weighted by molar-refractivity contribution is 7.90. The van der Waals surface area contributed by atoms with Gasteiger partial charge in [-0.15, -0.1) is 0 Å². The van der Waals surface area contributed by atoms with E-state index in [2.05, 4.69) is 10.6 Å². The van der Waals surface area contributed by atoms with E-state index in [-0.39, 0.29) is 0 Å². The summed E-state index contributed by atoms with van der Waals surface area (Å²) in [6.45, 7) is 4.81. The lowest BCUT2D eigenvalue weighted by molar-refractivity contribution is -0.130. The first kappa shape index (κ1) is 17.3. The molecule has 1 unspecified atom stereocenters. The molecule has 1 aliphatic heterocycles. The first-order valence-electron chi connectivity index (χ1n) is 7.51. The molecule has 0 aromatic heterocycles. The van der Waals surface area contributed by atoms with Gasteiger partial charge in [0.2, 0.25) is 0 Å². The zero-order valence-corrected chi connectivity index (χ0v) is 14.1. The van der Waals surface area contributed by atoms with Crippen LogP contribution in [0.15, 0.2) is 23.1 Å². The van der Waals surface area contributed by atoms with E-state index in [1.165, 1.54) is 13.8 Å². The Morgan fingerprint density at radius 2 is 2.05 bits per heavy atom. The molecular formula is C16H24N2O3S. The van der Waals surface area contributed by atoms with Crippen molar-refractivity contribution in [2.24, 2.45) is 0 Å². The molecule has 0 spiro atoms. The second-order valence-corrected chi connectivity index (χ2v) is 7.59. The van der Waals surface area contributed by atoms with Crippen LogP contribution in [0.5, 0.6) is 0 Å². The van der Waals surface area contributed by atoms with E-state index in [9.17, 15) is 14.5 Å². The quantitative estimate of drug-likeness (QED) is 0.735. The molecule has 1 aliphatic rings. The maximum Gasteiger partial charge on any atom is 0.255 e. The molecule has 5 nitrogen and oxygen atoms in total. The van der Waals surface area contributed by atoms with Crippen LogP contribution in [-0.4, -0.2) is 40.5 Å². The zero-order chi connectivity index (χ0) is 16.3. The standard InChI is InChI=1S/C16H24N2O3S/c1-16(2,20)15(19)18-12-4-5-13(14(10-12)22(3)21)11-6-8-17-9-7-11/h4-5,10-11,17,20H,6-9H2,1-3H3,(H,18,19). The molecule has 0 saturated carbocycles. The lowest BCUT2D eigenvalue weighted by Gasteiger charge is -2.25. The molecule has 1 aromatic rings. The summed E-state index contributed by atoms with van der Waals surface area (Å²) in [5.41, 5.74) is 0.220. The average molecular weight is 324 g/mol. The zero-order valence-electron chi connectivity index (χ0n) is 13.3. The maximum absolute atomic E-state index is 12.1. The van der Waals surface area contributed by atoms with Crippen LogP contribution in [0.1, 0.15) is 38.2 Å².